The van der Waals surface area contributed by atoms with E-state index in [4.69, 9.17) is 18.9 Å². The monoisotopic (exact) mass is 552 g/mol. The van der Waals surface area contributed by atoms with Crippen LogP contribution in [0.4, 0.5) is 0 Å². The molecule has 228 valence electrons. The van der Waals surface area contributed by atoms with E-state index in [9.17, 15) is 9.59 Å². The first-order valence-corrected chi connectivity index (χ1v) is 16.2. The molecule has 0 N–H and O–H groups in total. The zero-order chi connectivity index (χ0) is 28.6. The first-order chi connectivity index (χ1) is 18.6. The molecule has 0 amide bonds. The molecule has 0 aromatic heterocycles. The normalized spacial score (nSPS) is 30.5. The Bertz CT molecular complexity index is 688. The lowest BCUT2D eigenvalue weighted by molar-refractivity contribution is -0.145. The van der Waals surface area contributed by atoms with E-state index in [0.717, 1.165) is 90.3 Å². The topological polar surface area (TPSA) is 71.1 Å². The van der Waals surface area contributed by atoms with Gasteiger partial charge in [-0.25, -0.2) is 0 Å². The fourth-order valence-corrected chi connectivity index (χ4v) is 5.99. The summed E-state index contributed by atoms with van der Waals surface area (Å²) in [5.41, 5.74) is -0.292. The lowest BCUT2D eigenvalue weighted by Crippen LogP contribution is -2.31. The highest BCUT2D eigenvalue weighted by Gasteiger charge is 2.27. The summed E-state index contributed by atoms with van der Waals surface area (Å²) in [4.78, 5) is 24.8. The summed E-state index contributed by atoms with van der Waals surface area (Å²) >= 11 is 0. The minimum Gasteiger partial charge on any atom is -0.466 e. The molecule has 0 aromatic carbocycles. The molecule has 2 saturated heterocycles. The summed E-state index contributed by atoms with van der Waals surface area (Å²) in [7, 11) is 0. The predicted octanol–water partition coefficient (Wildman–Crippen LogP) is 8.19. The van der Waals surface area contributed by atoms with Crippen molar-refractivity contribution >= 4 is 11.9 Å². The Hall–Kier alpha value is -1.14. The molecule has 0 radical (unpaired) electrons. The summed E-state index contributed by atoms with van der Waals surface area (Å²) in [6, 6.07) is 0. The second kappa shape index (κ2) is 18.3. The molecule has 0 saturated carbocycles. The molecule has 3 unspecified atom stereocenters. The summed E-state index contributed by atoms with van der Waals surface area (Å²) in [5, 5.41) is 0. The Morgan fingerprint density at radius 3 is 1.95 bits per heavy atom. The molecular weight excluding hydrogens is 492 g/mol. The van der Waals surface area contributed by atoms with Crippen LogP contribution < -0.4 is 0 Å². The highest BCUT2D eigenvalue weighted by Crippen LogP contribution is 2.32. The van der Waals surface area contributed by atoms with Crippen LogP contribution in [-0.4, -0.2) is 49.6 Å². The molecule has 2 heterocycles. The molecule has 0 bridgehead atoms. The summed E-state index contributed by atoms with van der Waals surface area (Å²) in [6.07, 6.45) is 16.6. The second-order valence-electron chi connectivity index (χ2n) is 13.5. The van der Waals surface area contributed by atoms with Gasteiger partial charge in [0.25, 0.3) is 0 Å². The molecule has 39 heavy (non-hydrogen) atoms. The molecule has 6 nitrogen and oxygen atoms in total. The highest BCUT2D eigenvalue weighted by atomic mass is 16.5. The largest absolute Gasteiger partial charge is 0.466 e. The van der Waals surface area contributed by atoms with Crippen molar-refractivity contribution < 1.29 is 28.5 Å². The van der Waals surface area contributed by atoms with Crippen molar-refractivity contribution in [2.45, 2.75) is 155 Å². The average molecular weight is 553 g/mol. The van der Waals surface area contributed by atoms with Crippen LogP contribution in [0.2, 0.25) is 0 Å². The number of cyclic esters (lactones) is 2. The Labute approximate surface area is 239 Å². The maximum Gasteiger partial charge on any atom is 0.306 e. The van der Waals surface area contributed by atoms with E-state index >= 15 is 0 Å². The number of rotatable bonds is 1. The van der Waals surface area contributed by atoms with Crippen molar-refractivity contribution in [3.63, 3.8) is 0 Å². The van der Waals surface area contributed by atoms with Gasteiger partial charge in [0, 0.05) is 19.4 Å². The number of hydrogen-bond acceptors (Lipinski definition) is 6. The fourth-order valence-electron chi connectivity index (χ4n) is 5.99. The molecule has 6 heteroatoms. The van der Waals surface area contributed by atoms with E-state index < -0.39 is 0 Å². The summed E-state index contributed by atoms with van der Waals surface area (Å²) < 4.78 is 23.8. The maximum atomic E-state index is 12.6. The molecule has 0 aliphatic carbocycles. The third-order valence-corrected chi connectivity index (χ3v) is 8.70. The smallest absolute Gasteiger partial charge is 0.306 e. The van der Waals surface area contributed by atoms with Crippen LogP contribution in [0.25, 0.3) is 0 Å². The van der Waals surface area contributed by atoms with E-state index in [1.807, 2.05) is 0 Å². The van der Waals surface area contributed by atoms with Crippen LogP contribution in [0.3, 0.4) is 0 Å². The lowest BCUT2D eigenvalue weighted by atomic mass is 9.81. The molecule has 2 rings (SSSR count). The van der Waals surface area contributed by atoms with Gasteiger partial charge in [0.15, 0.2) is 0 Å². The third kappa shape index (κ3) is 16.0. The molecule has 2 fully saturated rings. The Morgan fingerprint density at radius 2 is 1.18 bits per heavy atom. The number of hydrogen-bond donors (Lipinski definition) is 0. The predicted molar refractivity (Wildman–Crippen MR) is 157 cm³/mol. The van der Waals surface area contributed by atoms with Gasteiger partial charge in [-0.05, 0) is 90.4 Å². The van der Waals surface area contributed by atoms with Gasteiger partial charge in [-0.2, -0.15) is 0 Å². The lowest BCUT2D eigenvalue weighted by Gasteiger charge is -2.33. The van der Waals surface area contributed by atoms with E-state index in [1.165, 1.54) is 19.3 Å². The van der Waals surface area contributed by atoms with Crippen LogP contribution in [0.5, 0.6) is 0 Å². The van der Waals surface area contributed by atoms with Crippen LogP contribution in [0.1, 0.15) is 144 Å². The molecule has 2 aliphatic rings. The van der Waals surface area contributed by atoms with E-state index in [0.29, 0.717) is 43.8 Å². The van der Waals surface area contributed by atoms with Gasteiger partial charge in [-0.3, -0.25) is 9.59 Å². The minimum absolute atomic E-state index is 0.0594. The van der Waals surface area contributed by atoms with Gasteiger partial charge in [-0.1, -0.05) is 58.3 Å². The number of carbonyl (C=O) groups excluding carboxylic acids is 2. The van der Waals surface area contributed by atoms with Crippen LogP contribution >= 0.6 is 0 Å². The zero-order valence-electron chi connectivity index (χ0n) is 26.0. The van der Waals surface area contributed by atoms with Gasteiger partial charge in [-0.15, -0.1) is 0 Å². The SMILES string of the molecule is CC1CCCC(C)(C)OCC(C2CCCCCC(C)(C)OCCCCOC(=O)CC2)CCCCCOC(=O)C1. The van der Waals surface area contributed by atoms with Crippen molar-refractivity contribution in [1.82, 2.24) is 0 Å². The van der Waals surface area contributed by atoms with Gasteiger partial charge in [0.1, 0.15) is 0 Å². The molecule has 3 atom stereocenters. The number of esters is 2. The van der Waals surface area contributed by atoms with E-state index in [1.54, 1.807) is 0 Å². The van der Waals surface area contributed by atoms with E-state index in [-0.39, 0.29) is 23.1 Å². The average Bonchev–Trinajstić information content (AvgIpc) is 2.85. The molecular formula is C33H60O6. The second-order valence-corrected chi connectivity index (χ2v) is 13.5. The van der Waals surface area contributed by atoms with Crippen molar-refractivity contribution in [2.75, 3.05) is 26.4 Å². The van der Waals surface area contributed by atoms with Crippen LogP contribution in [-0.2, 0) is 28.5 Å². The maximum absolute atomic E-state index is 12.6. The van der Waals surface area contributed by atoms with Gasteiger partial charge in [0.05, 0.1) is 31.0 Å². The molecule has 2 aliphatic heterocycles. The van der Waals surface area contributed by atoms with Crippen molar-refractivity contribution in [3.8, 4) is 0 Å². The van der Waals surface area contributed by atoms with Crippen LogP contribution in [0.15, 0.2) is 0 Å². The zero-order valence-corrected chi connectivity index (χ0v) is 26.0. The van der Waals surface area contributed by atoms with E-state index in [2.05, 4.69) is 34.6 Å². The number of carbonyl (C=O) groups is 2. The highest BCUT2D eigenvalue weighted by molar-refractivity contribution is 5.69. The Morgan fingerprint density at radius 1 is 0.590 bits per heavy atom. The summed E-state index contributed by atoms with van der Waals surface area (Å²) in [6.45, 7) is 13.4. The van der Waals surface area contributed by atoms with Gasteiger partial charge in [0.2, 0.25) is 0 Å². The van der Waals surface area contributed by atoms with Crippen molar-refractivity contribution in [1.29, 1.82) is 0 Å². The van der Waals surface area contributed by atoms with Gasteiger partial charge >= 0.3 is 11.9 Å². The Kier molecular flexibility index (Phi) is 16.0. The minimum atomic E-state index is -0.196. The summed E-state index contributed by atoms with van der Waals surface area (Å²) in [5.74, 6) is 1.08. The van der Waals surface area contributed by atoms with Crippen molar-refractivity contribution in [2.24, 2.45) is 17.8 Å². The molecule has 0 aromatic rings. The first kappa shape index (κ1) is 34.1. The first-order valence-electron chi connectivity index (χ1n) is 16.2. The van der Waals surface area contributed by atoms with Gasteiger partial charge < -0.3 is 18.9 Å². The standard InChI is InChI=1S/C33H60O6/c1-27-15-14-21-33(4,5)39-26-29(17-9-7-11-22-37-31(35)25-27)28-16-8-6-10-20-32(2,3)38-24-13-12-23-36-30(34)19-18-28/h27-29H,6-26H2,1-5H3. The van der Waals surface area contributed by atoms with Crippen LogP contribution in [0, 0.1) is 17.8 Å². The third-order valence-electron chi connectivity index (χ3n) is 8.70. The molecule has 0 spiro atoms. The Balaban J connectivity index is 2.06. The number of ether oxygens (including phenoxy) is 4. The quantitative estimate of drug-likeness (QED) is 0.305. The van der Waals surface area contributed by atoms with Crippen molar-refractivity contribution in [3.05, 3.63) is 0 Å². The fraction of sp³-hybridized carbons (Fsp3) is 0.939.